The van der Waals surface area contributed by atoms with E-state index in [1.54, 1.807) is 12.1 Å². The van der Waals surface area contributed by atoms with Crippen molar-refractivity contribution in [3.8, 4) is 0 Å². The number of halogens is 1. The normalized spacial score (nSPS) is 15.5. The Morgan fingerprint density at radius 3 is 2.83 bits per heavy atom. The van der Waals surface area contributed by atoms with Gasteiger partial charge in [0.15, 0.2) is 5.82 Å². The van der Waals surface area contributed by atoms with E-state index in [1.165, 1.54) is 44.6 Å². The van der Waals surface area contributed by atoms with Crippen LogP contribution in [-0.2, 0) is 13.0 Å². The van der Waals surface area contributed by atoms with Gasteiger partial charge in [-0.1, -0.05) is 49.0 Å². The molecule has 1 aliphatic carbocycles. The van der Waals surface area contributed by atoms with E-state index >= 15 is 0 Å². The third-order valence-electron chi connectivity index (χ3n) is 4.85. The van der Waals surface area contributed by atoms with Gasteiger partial charge in [-0.25, -0.2) is 4.39 Å². The van der Waals surface area contributed by atoms with Crippen LogP contribution in [-0.4, -0.2) is 28.6 Å². The van der Waals surface area contributed by atoms with Crippen LogP contribution in [0.1, 0.15) is 55.8 Å². The van der Waals surface area contributed by atoms with Crippen molar-refractivity contribution in [3.05, 3.63) is 47.4 Å². The summed E-state index contributed by atoms with van der Waals surface area (Å²) >= 11 is 0. The molecule has 24 heavy (non-hydrogen) atoms. The second-order valence-corrected chi connectivity index (χ2v) is 6.90. The summed E-state index contributed by atoms with van der Waals surface area (Å²) in [6.45, 7) is 1.69. The van der Waals surface area contributed by atoms with Crippen LogP contribution in [0.3, 0.4) is 0 Å². The third kappa shape index (κ3) is 4.87. The molecular weight excluding hydrogens is 305 g/mol. The molecular formula is C19H26FN3O. The van der Waals surface area contributed by atoms with Crippen molar-refractivity contribution < 1.29 is 8.91 Å². The monoisotopic (exact) mass is 331 g/mol. The van der Waals surface area contributed by atoms with Crippen molar-refractivity contribution in [1.82, 2.24) is 15.0 Å². The van der Waals surface area contributed by atoms with Crippen LogP contribution in [0, 0.1) is 11.7 Å². The Morgan fingerprint density at radius 1 is 1.25 bits per heavy atom. The number of rotatable bonds is 8. The molecule has 0 aliphatic heterocycles. The van der Waals surface area contributed by atoms with Gasteiger partial charge in [0, 0.05) is 6.42 Å². The zero-order valence-electron chi connectivity index (χ0n) is 14.4. The molecule has 0 saturated heterocycles. The summed E-state index contributed by atoms with van der Waals surface area (Å²) in [7, 11) is 2.08. The summed E-state index contributed by atoms with van der Waals surface area (Å²) in [5.41, 5.74) is 0.592. The zero-order chi connectivity index (χ0) is 16.8. The first kappa shape index (κ1) is 17.1. The first-order chi connectivity index (χ1) is 11.7. The molecule has 5 heteroatoms. The highest BCUT2D eigenvalue weighted by atomic mass is 19.1. The first-order valence-corrected chi connectivity index (χ1v) is 8.94. The van der Waals surface area contributed by atoms with Crippen molar-refractivity contribution in [1.29, 1.82) is 0 Å². The number of nitrogens with zero attached hydrogens (tertiary/aromatic N) is 3. The van der Waals surface area contributed by atoms with E-state index in [4.69, 9.17) is 4.52 Å². The molecule has 2 aromatic rings. The Hall–Kier alpha value is -1.75. The van der Waals surface area contributed by atoms with E-state index in [2.05, 4.69) is 22.1 Å². The number of hydrogen-bond donors (Lipinski definition) is 0. The molecule has 0 radical (unpaired) electrons. The van der Waals surface area contributed by atoms with Crippen LogP contribution in [0.2, 0.25) is 0 Å². The van der Waals surface area contributed by atoms with Crippen LogP contribution >= 0.6 is 0 Å². The number of benzene rings is 1. The van der Waals surface area contributed by atoms with Gasteiger partial charge in [-0.15, -0.1) is 0 Å². The average molecular weight is 331 g/mol. The Balaban J connectivity index is 1.44. The van der Waals surface area contributed by atoms with Gasteiger partial charge in [-0.3, -0.25) is 4.90 Å². The molecule has 130 valence electrons. The molecule has 1 heterocycles. The molecule has 4 nitrogen and oxygen atoms in total. The minimum atomic E-state index is -0.229. The van der Waals surface area contributed by atoms with Crippen LogP contribution in [0.15, 0.2) is 28.8 Å². The second-order valence-electron chi connectivity index (χ2n) is 6.90. The van der Waals surface area contributed by atoms with E-state index in [0.29, 0.717) is 30.2 Å². The van der Waals surface area contributed by atoms with E-state index in [1.807, 2.05) is 6.07 Å². The van der Waals surface area contributed by atoms with Gasteiger partial charge < -0.3 is 4.52 Å². The largest absolute Gasteiger partial charge is 0.338 e. The van der Waals surface area contributed by atoms with Crippen molar-refractivity contribution >= 4 is 0 Å². The predicted octanol–water partition coefficient (Wildman–Crippen LogP) is 4.20. The van der Waals surface area contributed by atoms with Crippen LogP contribution in [0.25, 0.3) is 0 Å². The standard InChI is InChI=1S/C19H26FN3O/c1-23(12-6-9-15-7-2-3-8-15)14-19-21-18(22-24-19)13-16-10-4-5-11-17(16)20/h4-5,10-11,15H,2-3,6-9,12-14H2,1H3. The van der Waals surface area contributed by atoms with Gasteiger partial charge in [0.25, 0.3) is 0 Å². The van der Waals surface area contributed by atoms with Crippen molar-refractivity contribution in [2.75, 3.05) is 13.6 Å². The minimum absolute atomic E-state index is 0.229. The van der Waals surface area contributed by atoms with Gasteiger partial charge in [0.05, 0.1) is 6.54 Å². The quantitative estimate of drug-likeness (QED) is 0.727. The van der Waals surface area contributed by atoms with Crippen LogP contribution in [0.5, 0.6) is 0 Å². The maximum absolute atomic E-state index is 13.7. The Morgan fingerprint density at radius 2 is 2.04 bits per heavy atom. The van der Waals surface area contributed by atoms with E-state index < -0.39 is 0 Å². The average Bonchev–Trinajstić information content (AvgIpc) is 3.22. The number of aromatic nitrogens is 2. The summed E-state index contributed by atoms with van der Waals surface area (Å²) in [4.78, 5) is 6.60. The van der Waals surface area contributed by atoms with E-state index in [9.17, 15) is 4.39 Å². The molecule has 1 saturated carbocycles. The molecule has 0 spiro atoms. The lowest BCUT2D eigenvalue weighted by atomic mass is 10.0. The highest BCUT2D eigenvalue weighted by molar-refractivity contribution is 5.20. The molecule has 0 amide bonds. The van der Waals surface area contributed by atoms with E-state index in [-0.39, 0.29) is 5.82 Å². The Bertz CT molecular complexity index is 637. The van der Waals surface area contributed by atoms with Crippen LogP contribution < -0.4 is 0 Å². The fourth-order valence-electron chi connectivity index (χ4n) is 3.50. The first-order valence-electron chi connectivity index (χ1n) is 8.94. The minimum Gasteiger partial charge on any atom is -0.338 e. The molecule has 0 bridgehead atoms. The van der Waals surface area contributed by atoms with Gasteiger partial charge in [0.1, 0.15) is 5.82 Å². The second kappa shape index (κ2) is 8.38. The maximum atomic E-state index is 13.7. The molecule has 0 N–H and O–H groups in total. The van der Waals surface area contributed by atoms with Crippen molar-refractivity contribution in [2.24, 2.45) is 5.92 Å². The van der Waals surface area contributed by atoms with E-state index in [0.717, 1.165) is 12.5 Å². The predicted molar refractivity (Wildman–Crippen MR) is 91.0 cm³/mol. The van der Waals surface area contributed by atoms with Gasteiger partial charge in [0.2, 0.25) is 5.89 Å². The fraction of sp³-hybridized carbons (Fsp3) is 0.579. The molecule has 1 aliphatic rings. The molecule has 0 atom stereocenters. The number of hydrogen-bond acceptors (Lipinski definition) is 4. The molecule has 0 unspecified atom stereocenters. The van der Waals surface area contributed by atoms with Crippen LogP contribution in [0.4, 0.5) is 4.39 Å². The van der Waals surface area contributed by atoms with Gasteiger partial charge in [-0.05, 0) is 44.0 Å². The summed E-state index contributed by atoms with van der Waals surface area (Å²) < 4.78 is 19.0. The summed E-state index contributed by atoms with van der Waals surface area (Å²) in [6, 6.07) is 6.70. The molecule has 1 aromatic heterocycles. The molecule has 1 fully saturated rings. The van der Waals surface area contributed by atoms with Crippen molar-refractivity contribution in [2.45, 2.75) is 51.5 Å². The zero-order valence-corrected chi connectivity index (χ0v) is 14.4. The maximum Gasteiger partial charge on any atom is 0.240 e. The summed E-state index contributed by atoms with van der Waals surface area (Å²) in [6.07, 6.45) is 8.55. The Labute approximate surface area is 143 Å². The lowest BCUT2D eigenvalue weighted by molar-refractivity contribution is 0.257. The smallest absolute Gasteiger partial charge is 0.240 e. The third-order valence-corrected chi connectivity index (χ3v) is 4.85. The lowest BCUT2D eigenvalue weighted by Crippen LogP contribution is -2.19. The highest BCUT2D eigenvalue weighted by Crippen LogP contribution is 2.28. The summed E-state index contributed by atoms with van der Waals surface area (Å²) in [5.74, 6) is 1.85. The summed E-state index contributed by atoms with van der Waals surface area (Å²) in [5, 5.41) is 3.97. The molecule has 3 rings (SSSR count). The van der Waals surface area contributed by atoms with Crippen molar-refractivity contribution in [3.63, 3.8) is 0 Å². The van der Waals surface area contributed by atoms with Gasteiger partial charge >= 0.3 is 0 Å². The van der Waals surface area contributed by atoms with Gasteiger partial charge in [-0.2, -0.15) is 4.98 Å². The highest BCUT2D eigenvalue weighted by Gasteiger charge is 2.15. The Kier molecular flexibility index (Phi) is 5.96. The topological polar surface area (TPSA) is 42.2 Å². The lowest BCUT2D eigenvalue weighted by Gasteiger charge is -2.15. The fourth-order valence-corrected chi connectivity index (χ4v) is 3.50. The molecule has 1 aromatic carbocycles. The SMILES string of the molecule is CN(CCCC1CCCC1)Cc1nc(Cc2ccccc2F)no1.